The van der Waals surface area contributed by atoms with Gasteiger partial charge in [0.25, 0.3) is 0 Å². The van der Waals surface area contributed by atoms with Gasteiger partial charge in [0.15, 0.2) is 0 Å². The van der Waals surface area contributed by atoms with Crippen molar-refractivity contribution in [3.05, 3.63) is 49.5 Å². The molecule has 0 atom stereocenters. The zero-order valence-corrected chi connectivity index (χ0v) is 22.2. The second kappa shape index (κ2) is 9.82. The van der Waals surface area contributed by atoms with E-state index in [4.69, 9.17) is 0 Å². The summed E-state index contributed by atoms with van der Waals surface area (Å²) < 4.78 is 2.37. The Balaban J connectivity index is 1.58. The fourth-order valence-electron chi connectivity index (χ4n) is 3.91. The molecule has 6 heteroatoms. The summed E-state index contributed by atoms with van der Waals surface area (Å²) in [6.45, 7) is 8.92. The molecular formula is C23H25Br2NS3. The summed E-state index contributed by atoms with van der Waals surface area (Å²) in [5.41, 5.74) is 4.07. The van der Waals surface area contributed by atoms with E-state index in [9.17, 15) is 0 Å². The minimum absolute atomic E-state index is 0.997. The van der Waals surface area contributed by atoms with Gasteiger partial charge in [0.2, 0.25) is 0 Å². The number of hydrogen-bond acceptors (Lipinski definition) is 4. The van der Waals surface area contributed by atoms with Crippen LogP contribution in [0.5, 0.6) is 0 Å². The average molecular weight is 571 g/mol. The number of rotatable bonds is 9. The van der Waals surface area contributed by atoms with Crippen molar-refractivity contribution in [1.82, 2.24) is 4.90 Å². The summed E-state index contributed by atoms with van der Waals surface area (Å²) in [5.74, 6) is 0. The summed E-state index contributed by atoms with van der Waals surface area (Å²) >= 11 is 12.8. The molecule has 1 aliphatic rings. The van der Waals surface area contributed by atoms with Gasteiger partial charge in [-0.1, -0.05) is 45.6 Å². The fourth-order valence-corrected chi connectivity index (χ4v) is 8.27. The van der Waals surface area contributed by atoms with Crippen LogP contribution in [-0.4, -0.2) is 11.4 Å². The molecule has 4 rings (SSSR count). The van der Waals surface area contributed by atoms with Gasteiger partial charge >= 0.3 is 0 Å². The molecule has 29 heavy (non-hydrogen) atoms. The molecule has 0 spiro atoms. The molecule has 1 nitrogen and oxygen atoms in total. The summed E-state index contributed by atoms with van der Waals surface area (Å²) in [7, 11) is 0. The molecule has 1 aliphatic heterocycles. The van der Waals surface area contributed by atoms with Crippen molar-refractivity contribution in [2.75, 3.05) is 6.54 Å². The smallest absolute Gasteiger partial charge is 0.0705 e. The molecular weight excluding hydrogens is 546 g/mol. The highest BCUT2D eigenvalue weighted by molar-refractivity contribution is 9.11. The Kier molecular flexibility index (Phi) is 7.39. The third kappa shape index (κ3) is 4.77. The number of unbranched alkanes of at least 4 members (excludes halogenated alkanes) is 5. The van der Waals surface area contributed by atoms with Crippen LogP contribution in [-0.2, 0) is 6.54 Å². The number of nitrogens with zero attached hydrogens (tertiary/aromatic N) is 1. The Morgan fingerprint density at radius 2 is 1.48 bits per heavy atom. The molecule has 154 valence electrons. The zero-order valence-electron chi connectivity index (χ0n) is 16.6. The van der Waals surface area contributed by atoms with Crippen LogP contribution in [0.15, 0.2) is 38.4 Å². The highest BCUT2D eigenvalue weighted by atomic mass is 79.9. The lowest BCUT2D eigenvalue weighted by atomic mass is 10.1. The first kappa shape index (κ1) is 21.8. The lowest BCUT2D eigenvalue weighted by Gasteiger charge is -2.20. The van der Waals surface area contributed by atoms with Crippen molar-refractivity contribution < 1.29 is 0 Å². The monoisotopic (exact) mass is 569 g/mol. The third-order valence-corrected chi connectivity index (χ3v) is 10.2. The van der Waals surface area contributed by atoms with Gasteiger partial charge in [-0.2, -0.15) is 0 Å². The van der Waals surface area contributed by atoms with E-state index in [2.05, 4.69) is 74.5 Å². The van der Waals surface area contributed by atoms with E-state index in [0.717, 1.165) is 13.1 Å². The van der Waals surface area contributed by atoms with E-state index < -0.39 is 0 Å². The van der Waals surface area contributed by atoms with E-state index in [-0.39, 0.29) is 0 Å². The number of halogens is 2. The fraction of sp³-hybridized carbons (Fsp3) is 0.391. The lowest BCUT2D eigenvalue weighted by Crippen LogP contribution is -2.16. The van der Waals surface area contributed by atoms with E-state index in [1.165, 1.54) is 82.4 Å². The Morgan fingerprint density at radius 3 is 2.10 bits per heavy atom. The van der Waals surface area contributed by atoms with Crippen molar-refractivity contribution in [1.29, 1.82) is 0 Å². The Morgan fingerprint density at radius 1 is 0.862 bits per heavy atom. The minimum Gasteiger partial charge on any atom is -0.367 e. The third-order valence-electron chi connectivity index (χ3n) is 5.40. The van der Waals surface area contributed by atoms with Gasteiger partial charge < -0.3 is 4.90 Å². The van der Waals surface area contributed by atoms with Gasteiger partial charge in [-0.05, 0) is 62.5 Å². The summed E-state index contributed by atoms with van der Waals surface area (Å²) in [4.78, 5) is 8.00. The standard InChI is InChI=1S/C23H25Br2NS3/c1-3-4-5-6-7-8-13-26-14-16-21(15(26)2)23(18-10-12-20(25)28-18)29-22(16)17-9-11-19(24)27-17/h9-12H,2-8,13-14H2,1H3. The first-order valence-electron chi connectivity index (χ1n) is 10.2. The van der Waals surface area contributed by atoms with Crippen LogP contribution >= 0.6 is 65.9 Å². The largest absolute Gasteiger partial charge is 0.367 e. The van der Waals surface area contributed by atoms with Crippen molar-refractivity contribution in [3.63, 3.8) is 0 Å². The van der Waals surface area contributed by atoms with Gasteiger partial charge in [-0.3, -0.25) is 0 Å². The molecule has 4 heterocycles. The second-order valence-corrected chi connectivity index (χ2v) is 13.4. The first-order valence-corrected chi connectivity index (χ1v) is 14.2. The van der Waals surface area contributed by atoms with Gasteiger partial charge in [-0.15, -0.1) is 34.0 Å². The van der Waals surface area contributed by atoms with Crippen LogP contribution in [0.1, 0.15) is 56.6 Å². The van der Waals surface area contributed by atoms with Crippen LogP contribution in [0, 0.1) is 0 Å². The molecule has 0 fully saturated rings. The summed E-state index contributed by atoms with van der Waals surface area (Å²) in [6.07, 6.45) is 8.00. The first-order chi connectivity index (χ1) is 14.1. The van der Waals surface area contributed by atoms with Crippen molar-refractivity contribution in [2.24, 2.45) is 0 Å². The van der Waals surface area contributed by atoms with Gasteiger partial charge in [0.05, 0.1) is 17.3 Å². The summed E-state index contributed by atoms with van der Waals surface area (Å²) in [6, 6.07) is 8.79. The maximum atomic E-state index is 4.53. The highest BCUT2D eigenvalue weighted by Gasteiger charge is 2.32. The summed E-state index contributed by atoms with van der Waals surface area (Å²) in [5, 5.41) is 0. The minimum atomic E-state index is 0.997. The Labute approximate surface area is 202 Å². The second-order valence-electron chi connectivity index (χ2n) is 7.46. The predicted molar refractivity (Wildman–Crippen MR) is 139 cm³/mol. The number of fused-ring (bicyclic) bond motifs is 1. The van der Waals surface area contributed by atoms with Crippen LogP contribution in [0.3, 0.4) is 0 Å². The maximum absolute atomic E-state index is 4.53. The van der Waals surface area contributed by atoms with Crippen LogP contribution in [0.4, 0.5) is 0 Å². The van der Waals surface area contributed by atoms with E-state index >= 15 is 0 Å². The molecule has 0 bridgehead atoms. The van der Waals surface area contributed by atoms with Crippen molar-refractivity contribution in [2.45, 2.75) is 52.0 Å². The van der Waals surface area contributed by atoms with Gasteiger partial charge in [-0.25, -0.2) is 0 Å². The Hall–Kier alpha value is -0.400. The van der Waals surface area contributed by atoms with Crippen molar-refractivity contribution in [3.8, 4) is 19.5 Å². The molecule has 0 saturated heterocycles. The number of thiophene rings is 3. The molecule has 0 N–H and O–H groups in total. The SMILES string of the molecule is C=C1c2c(-c3ccc(Br)s3)sc(-c3ccc(Br)s3)c2CN1CCCCCCCC. The normalized spacial score (nSPS) is 13.5. The van der Waals surface area contributed by atoms with Crippen LogP contribution in [0.25, 0.3) is 25.2 Å². The van der Waals surface area contributed by atoms with Crippen LogP contribution in [0.2, 0.25) is 0 Å². The molecule has 0 amide bonds. The van der Waals surface area contributed by atoms with Gasteiger partial charge in [0, 0.05) is 39.7 Å². The van der Waals surface area contributed by atoms with Crippen LogP contribution < -0.4 is 0 Å². The zero-order chi connectivity index (χ0) is 20.4. The highest BCUT2D eigenvalue weighted by Crippen LogP contribution is 2.52. The quantitative estimate of drug-likeness (QED) is 0.231. The van der Waals surface area contributed by atoms with Crippen molar-refractivity contribution >= 4 is 71.6 Å². The van der Waals surface area contributed by atoms with E-state index in [1.54, 1.807) is 0 Å². The molecule has 3 aromatic heterocycles. The Bertz CT molecular complexity index is 998. The predicted octanol–water partition coefficient (Wildman–Crippen LogP) is 9.88. The molecule has 0 unspecified atom stereocenters. The molecule has 3 aromatic rings. The molecule has 0 saturated carbocycles. The average Bonchev–Trinajstić information content (AvgIpc) is 3.45. The topological polar surface area (TPSA) is 3.24 Å². The molecule has 0 radical (unpaired) electrons. The lowest BCUT2D eigenvalue weighted by molar-refractivity contribution is 0.392. The molecule has 0 aliphatic carbocycles. The number of hydrogen-bond donors (Lipinski definition) is 0. The maximum Gasteiger partial charge on any atom is 0.0705 e. The van der Waals surface area contributed by atoms with E-state index in [0.29, 0.717) is 0 Å². The molecule has 0 aromatic carbocycles. The van der Waals surface area contributed by atoms with E-state index in [1.807, 2.05) is 34.0 Å². The van der Waals surface area contributed by atoms with Gasteiger partial charge in [0.1, 0.15) is 0 Å².